The Kier molecular flexibility index (Phi) is 6.37. The third-order valence-electron chi connectivity index (χ3n) is 3.49. The van der Waals surface area contributed by atoms with Crippen LogP contribution in [0.1, 0.15) is 51.6 Å². The number of hydrogen-bond donors (Lipinski definition) is 2. The van der Waals surface area contributed by atoms with Crippen LogP contribution in [-0.4, -0.2) is 46.7 Å². The molecule has 1 aromatic carbocycles. The highest BCUT2D eigenvalue weighted by Gasteiger charge is 2.24. The summed E-state index contributed by atoms with van der Waals surface area (Å²) in [6, 6.07) is 3.46. The van der Waals surface area contributed by atoms with Gasteiger partial charge in [-0.2, -0.15) is 0 Å². The van der Waals surface area contributed by atoms with Crippen LogP contribution in [0.4, 0.5) is 0 Å². The summed E-state index contributed by atoms with van der Waals surface area (Å²) in [5.41, 5.74) is 1.49. The quantitative estimate of drug-likeness (QED) is 0.808. The third-order valence-corrected chi connectivity index (χ3v) is 3.49. The molecule has 0 unspecified atom stereocenters. The van der Waals surface area contributed by atoms with Gasteiger partial charge in [-0.05, 0) is 31.4 Å². The number of aliphatic hydroxyl groups excluding tert-OH is 1. The highest BCUT2D eigenvalue weighted by molar-refractivity contribution is 6.06. The number of benzene rings is 1. The molecule has 0 aliphatic rings. The van der Waals surface area contributed by atoms with Crippen molar-refractivity contribution in [1.29, 1.82) is 0 Å². The minimum atomic E-state index is -1.10. The molecule has 0 spiro atoms. The van der Waals surface area contributed by atoms with Crippen LogP contribution in [0.3, 0.4) is 0 Å². The van der Waals surface area contributed by atoms with Gasteiger partial charge in [-0.15, -0.1) is 0 Å². The first-order valence-electron chi connectivity index (χ1n) is 7.17. The second-order valence-corrected chi connectivity index (χ2v) is 5.12. The number of carbonyl (C=O) groups is 2. The lowest BCUT2D eigenvalue weighted by Gasteiger charge is -2.24. The minimum Gasteiger partial charge on any atom is -0.478 e. The molecule has 0 heterocycles. The maximum atomic E-state index is 12.7. The number of carboxylic acid groups (broad SMARTS) is 1. The largest absolute Gasteiger partial charge is 0.478 e. The maximum absolute atomic E-state index is 12.7. The maximum Gasteiger partial charge on any atom is 0.336 e. The van der Waals surface area contributed by atoms with Crippen molar-refractivity contribution in [3.8, 4) is 0 Å². The van der Waals surface area contributed by atoms with Crippen LogP contribution in [0.15, 0.2) is 12.1 Å². The van der Waals surface area contributed by atoms with Crippen LogP contribution >= 0.6 is 0 Å². The first-order valence-corrected chi connectivity index (χ1v) is 7.17. The summed E-state index contributed by atoms with van der Waals surface area (Å²) >= 11 is 0. The number of aliphatic hydroxyl groups is 1. The SMILES string of the molecule is CCCCN(CCO)C(=O)c1c(C)ccc(C)c1C(=O)O. The summed E-state index contributed by atoms with van der Waals surface area (Å²) in [6.07, 6.45) is 1.74. The summed E-state index contributed by atoms with van der Waals surface area (Å²) in [5.74, 6) is -1.42. The van der Waals surface area contributed by atoms with Gasteiger partial charge in [-0.3, -0.25) is 4.79 Å². The molecule has 5 nitrogen and oxygen atoms in total. The van der Waals surface area contributed by atoms with E-state index in [-0.39, 0.29) is 30.2 Å². The second kappa shape index (κ2) is 7.78. The van der Waals surface area contributed by atoms with Gasteiger partial charge in [0.15, 0.2) is 0 Å². The van der Waals surface area contributed by atoms with Crippen molar-refractivity contribution in [2.45, 2.75) is 33.6 Å². The van der Waals surface area contributed by atoms with Gasteiger partial charge < -0.3 is 15.1 Å². The molecule has 0 fully saturated rings. The van der Waals surface area contributed by atoms with E-state index in [1.54, 1.807) is 26.0 Å². The number of aryl methyl sites for hydroxylation is 2. The number of nitrogens with zero attached hydrogens (tertiary/aromatic N) is 1. The zero-order chi connectivity index (χ0) is 16.0. The van der Waals surface area contributed by atoms with E-state index < -0.39 is 5.97 Å². The lowest BCUT2D eigenvalue weighted by Crippen LogP contribution is -2.36. The number of hydrogen-bond acceptors (Lipinski definition) is 3. The zero-order valence-corrected chi connectivity index (χ0v) is 12.8. The van der Waals surface area contributed by atoms with E-state index in [9.17, 15) is 14.7 Å². The Hall–Kier alpha value is -1.88. The van der Waals surface area contributed by atoms with Gasteiger partial charge >= 0.3 is 5.97 Å². The van der Waals surface area contributed by atoms with E-state index >= 15 is 0 Å². The zero-order valence-electron chi connectivity index (χ0n) is 12.8. The Bertz CT molecular complexity index is 525. The number of amides is 1. The molecule has 1 rings (SSSR count). The van der Waals surface area contributed by atoms with E-state index in [2.05, 4.69) is 0 Å². The van der Waals surface area contributed by atoms with Gasteiger partial charge in [0.25, 0.3) is 5.91 Å². The summed E-state index contributed by atoms with van der Waals surface area (Å²) in [6.45, 7) is 6.02. The monoisotopic (exact) mass is 293 g/mol. The van der Waals surface area contributed by atoms with Gasteiger partial charge in [-0.25, -0.2) is 4.79 Å². The van der Waals surface area contributed by atoms with E-state index in [1.807, 2.05) is 6.92 Å². The van der Waals surface area contributed by atoms with Crippen LogP contribution in [0.2, 0.25) is 0 Å². The molecule has 2 N–H and O–H groups in total. The molecule has 0 aliphatic carbocycles. The molecule has 116 valence electrons. The summed E-state index contributed by atoms with van der Waals surface area (Å²) in [5, 5.41) is 18.5. The van der Waals surface area contributed by atoms with Crippen LogP contribution in [0, 0.1) is 13.8 Å². The molecule has 0 aliphatic heterocycles. The molecule has 21 heavy (non-hydrogen) atoms. The van der Waals surface area contributed by atoms with Gasteiger partial charge in [0.1, 0.15) is 0 Å². The van der Waals surface area contributed by atoms with Crippen LogP contribution in [0.25, 0.3) is 0 Å². The van der Waals surface area contributed by atoms with E-state index in [0.717, 1.165) is 12.8 Å². The van der Waals surface area contributed by atoms with E-state index in [4.69, 9.17) is 5.11 Å². The summed E-state index contributed by atoms with van der Waals surface area (Å²) in [4.78, 5) is 25.7. The molecule has 5 heteroatoms. The first-order chi connectivity index (χ1) is 9.93. The van der Waals surface area contributed by atoms with Crippen LogP contribution < -0.4 is 0 Å². The molecule has 0 aromatic heterocycles. The van der Waals surface area contributed by atoms with E-state index in [1.165, 1.54) is 4.90 Å². The number of aromatic carboxylic acids is 1. The predicted molar refractivity (Wildman–Crippen MR) is 80.8 cm³/mol. The fourth-order valence-corrected chi connectivity index (χ4v) is 2.30. The second-order valence-electron chi connectivity index (χ2n) is 5.12. The molecule has 0 atom stereocenters. The number of carbonyl (C=O) groups excluding carboxylic acids is 1. The summed E-state index contributed by atoms with van der Waals surface area (Å²) < 4.78 is 0. The first kappa shape index (κ1) is 17.2. The molecule has 0 saturated carbocycles. The minimum absolute atomic E-state index is 0.0550. The Morgan fingerprint density at radius 1 is 1.10 bits per heavy atom. The van der Waals surface area contributed by atoms with Gasteiger partial charge in [0.2, 0.25) is 0 Å². The Morgan fingerprint density at radius 3 is 2.14 bits per heavy atom. The molecule has 0 bridgehead atoms. The molecule has 0 saturated heterocycles. The van der Waals surface area contributed by atoms with Crippen molar-refractivity contribution in [2.75, 3.05) is 19.7 Å². The lowest BCUT2D eigenvalue weighted by atomic mass is 9.96. The average Bonchev–Trinajstić information content (AvgIpc) is 2.44. The van der Waals surface area contributed by atoms with Gasteiger partial charge in [0, 0.05) is 13.1 Å². The lowest BCUT2D eigenvalue weighted by molar-refractivity contribution is 0.0664. The number of carboxylic acids is 1. The van der Waals surface area contributed by atoms with Crippen molar-refractivity contribution in [1.82, 2.24) is 4.90 Å². The fourth-order valence-electron chi connectivity index (χ4n) is 2.30. The normalized spacial score (nSPS) is 10.5. The predicted octanol–water partition coefficient (Wildman–Crippen LogP) is 2.24. The average molecular weight is 293 g/mol. The molecular formula is C16H23NO4. The summed E-state index contributed by atoms with van der Waals surface area (Å²) in [7, 11) is 0. The molecule has 1 amide bonds. The standard InChI is InChI=1S/C16H23NO4/c1-4-5-8-17(9-10-18)15(19)13-11(2)6-7-12(3)14(13)16(20)21/h6-7,18H,4-5,8-10H2,1-3H3,(H,20,21). The van der Waals surface area contributed by atoms with Crippen molar-refractivity contribution < 1.29 is 19.8 Å². The highest BCUT2D eigenvalue weighted by Crippen LogP contribution is 2.21. The topological polar surface area (TPSA) is 77.8 Å². The van der Waals surface area contributed by atoms with E-state index in [0.29, 0.717) is 17.7 Å². The van der Waals surface area contributed by atoms with Gasteiger partial charge in [-0.1, -0.05) is 25.5 Å². The molecule has 1 aromatic rings. The van der Waals surface area contributed by atoms with Crippen molar-refractivity contribution in [3.63, 3.8) is 0 Å². The van der Waals surface area contributed by atoms with Crippen molar-refractivity contribution in [3.05, 3.63) is 34.4 Å². The van der Waals surface area contributed by atoms with Crippen molar-refractivity contribution >= 4 is 11.9 Å². The Labute approximate surface area is 125 Å². The van der Waals surface area contributed by atoms with Gasteiger partial charge in [0.05, 0.1) is 17.7 Å². The third kappa shape index (κ3) is 4.04. The molecular weight excluding hydrogens is 270 g/mol. The molecule has 0 radical (unpaired) electrons. The van der Waals surface area contributed by atoms with Crippen LogP contribution in [0.5, 0.6) is 0 Å². The fraction of sp³-hybridized carbons (Fsp3) is 0.500. The Balaban J connectivity index is 3.26. The smallest absolute Gasteiger partial charge is 0.336 e. The Morgan fingerprint density at radius 2 is 1.67 bits per heavy atom. The van der Waals surface area contributed by atoms with Crippen LogP contribution in [-0.2, 0) is 0 Å². The number of rotatable bonds is 7. The highest BCUT2D eigenvalue weighted by atomic mass is 16.4. The van der Waals surface area contributed by atoms with Crippen molar-refractivity contribution in [2.24, 2.45) is 0 Å². The number of unbranched alkanes of at least 4 members (excludes halogenated alkanes) is 1.